The van der Waals surface area contributed by atoms with Crippen molar-refractivity contribution >= 4 is 11.1 Å². The van der Waals surface area contributed by atoms with E-state index in [1.54, 1.807) is 0 Å². The molecule has 32 heavy (non-hydrogen) atoms. The summed E-state index contributed by atoms with van der Waals surface area (Å²) < 4.78 is 6.03. The molecule has 4 fully saturated rings. The van der Waals surface area contributed by atoms with E-state index in [-0.39, 0.29) is 0 Å². The van der Waals surface area contributed by atoms with Crippen molar-refractivity contribution in [1.29, 1.82) is 0 Å². The topological polar surface area (TPSA) is 26.0 Å². The predicted octanol–water partition coefficient (Wildman–Crippen LogP) is 8.45. The van der Waals surface area contributed by atoms with Gasteiger partial charge in [-0.3, -0.25) is 0 Å². The highest BCUT2D eigenvalue weighted by Crippen LogP contribution is 2.68. The molecular weight excluding hydrogens is 390 g/mol. The van der Waals surface area contributed by atoms with Crippen molar-refractivity contribution in [3.05, 3.63) is 30.2 Å². The summed E-state index contributed by atoms with van der Waals surface area (Å²) in [4.78, 5) is 4.74. The monoisotopic (exact) mass is 433 g/mol. The van der Waals surface area contributed by atoms with Gasteiger partial charge in [0.05, 0.1) is 0 Å². The van der Waals surface area contributed by atoms with Crippen molar-refractivity contribution in [2.24, 2.45) is 46.3 Å². The first-order valence-corrected chi connectivity index (χ1v) is 13.8. The molecule has 1 aromatic heterocycles. The molecule has 0 saturated heterocycles. The average molecular weight is 434 g/mol. The molecule has 0 amide bonds. The van der Waals surface area contributed by atoms with E-state index in [4.69, 9.17) is 9.40 Å². The number of hydrogen-bond donors (Lipinski definition) is 0. The van der Waals surface area contributed by atoms with E-state index in [1.807, 2.05) is 18.2 Å². The van der Waals surface area contributed by atoms with Gasteiger partial charge in [-0.25, -0.2) is 4.98 Å². The van der Waals surface area contributed by atoms with Crippen molar-refractivity contribution < 1.29 is 4.42 Å². The fourth-order valence-corrected chi connectivity index (χ4v) is 9.85. The second kappa shape index (κ2) is 7.88. The lowest BCUT2D eigenvalue weighted by atomic mass is 9.44. The zero-order chi connectivity index (χ0) is 21.9. The third-order valence-corrected chi connectivity index (χ3v) is 11.5. The zero-order valence-corrected chi connectivity index (χ0v) is 20.6. The molecule has 2 nitrogen and oxygen atoms in total. The van der Waals surface area contributed by atoms with E-state index >= 15 is 0 Å². The van der Waals surface area contributed by atoms with Crippen molar-refractivity contribution in [2.75, 3.05) is 0 Å². The fourth-order valence-electron chi connectivity index (χ4n) is 9.85. The van der Waals surface area contributed by atoms with Crippen LogP contribution in [0, 0.1) is 46.3 Å². The Balaban J connectivity index is 1.16. The van der Waals surface area contributed by atoms with Gasteiger partial charge in [0.2, 0.25) is 0 Å². The Morgan fingerprint density at radius 3 is 2.66 bits per heavy atom. The second-order valence-corrected chi connectivity index (χ2v) is 12.7. The molecule has 0 radical (unpaired) electrons. The number of fused-ring (bicyclic) bond motifs is 6. The molecule has 174 valence electrons. The van der Waals surface area contributed by atoms with Crippen LogP contribution in [-0.4, -0.2) is 4.98 Å². The standard InChI is InChI=1S/C30H43NO/c1-20(11-16-28-31-26-9-4-5-10-27(26)32-28)23-14-15-24-22-13-12-21-8-6-7-18-29(21,2)25(22)17-19-30(23,24)3/h4-5,9-10,20-25H,6-8,11-19H2,1-3H3/t20-,21?,22?,23?,24?,25?,29?,30?/m1/s1. The molecule has 0 N–H and O–H groups in total. The predicted molar refractivity (Wildman–Crippen MR) is 131 cm³/mol. The minimum absolute atomic E-state index is 0.569. The number of benzene rings is 1. The summed E-state index contributed by atoms with van der Waals surface area (Å²) in [5.74, 6) is 6.64. The van der Waals surface area contributed by atoms with Gasteiger partial charge < -0.3 is 4.42 Å². The molecule has 4 aliphatic carbocycles. The maximum Gasteiger partial charge on any atom is 0.195 e. The second-order valence-electron chi connectivity index (χ2n) is 12.7. The highest BCUT2D eigenvalue weighted by molar-refractivity contribution is 5.72. The van der Waals surface area contributed by atoms with Crippen LogP contribution in [0.5, 0.6) is 0 Å². The number of hydrogen-bond acceptors (Lipinski definition) is 2. The average Bonchev–Trinajstić information content (AvgIpc) is 3.37. The van der Waals surface area contributed by atoms with Crippen LogP contribution in [0.2, 0.25) is 0 Å². The molecular formula is C30H43NO. The van der Waals surface area contributed by atoms with Gasteiger partial charge >= 0.3 is 0 Å². The fraction of sp³-hybridized carbons (Fsp3) is 0.767. The van der Waals surface area contributed by atoms with Gasteiger partial charge in [0.1, 0.15) is 5.52 Å². The van der Waals surface area contributed by atoms with Crippen LogP contribution in [0.1, 0.15) is 97.3 Å². The van der Waals surface area contributed by atoms with E-state index in [1.165, 1.54) is 70.6 Å². The first kappa shape index (κ1) is 21.2. The van der Waals surface area contributed by atoms with E-state index in [2.05, 4.69) is 26.8 Å². The number of para-hydroxylation sites is 2. The summed E-state index contributed by atoms with van der Waals surface area (Å²) in [6.45, 7) is 7.95. The lowest BCUT2D eigenvalue weighted by Gasteiger charge is -2.61. The van der Waals surface area contributed by atoms with Crippen LogP contribution in [0.15, 0.2) is 28.7 Å². The molecule has 0 aliphatic heterocycles. The number of aromatic nitrogens is 1. The Morgan fingerprint density at radius 2 is 1.78 bits per heavy atom. The molecule has 8 atom stereocenters. The maximum atomic E-state index is 6.03. The van der Waals surface area contributed by atoms with E-state index in [0.717, 1.165) is 58.9 Å². The van der Waals surface area contributed by atoms with Crippen molar-refractivity contribution in [2.45, 2.75) is 97.8 Å². The van der Waals surface area contributed by atoms with Crippen molar-refractivity contribution in [3.63, 3.8) is 0 Å². The Labute approximate surface area is 194 Å². The van der Waals surface area contributed by atoms with Crippen LogP contribution in [0.25, 0.3) is 11.1 Å². The Bertz CT molecular complexity index is 930. The molecule has 1 aromatic carbocycles. The Morgan fingerprint density at radius 1 is 0.938 bits per heavy atom. The molecule has 1 heterocycles. The molecule has 0 spiro atoms. The Kier molecular flexibility index (Phi) is 5.23. The van der Waals surface area contributed by atoms with Crippen LogP contribution in [-0.2, 0) is 6.42 Å². The molecule has 4 saturated carbocycles. The molecule has 7 unspecified atom stereocenters. The quantitative estimate of drug-likeness (QED) is 0.483. The summed E-state index contributed by atoms with van der Waals surface area (Å²) in [6, 6.07) is 8.19. The van der Waals surface area contributed by atoms with Gasteiger partial charge in [-0.05, 0) is 116 Å². The lowest BCUT2D eigenvalue weighted by molar-refractivity contribution is -0.114. The van der Waals surface area contributed by atoms with Crippen molar-refractivity contribution in [3.8, 4) is 0 Å². The smallest absolute Gasteiger partial charge is 0.195 e. The van der Waals surface area contributed by atoms with Crippen LogP contribution >= 0.6 is 0 Å². The van der Waals surface area contributed by atoms with E-state index in [0.29, 0.717) is 10.8 Å². The zero-order valence-electron chi connectivity index (χ0n) is 20.6. The molecule has 0 bridgehead atoms. The molecule has 2 heteroatoms. The van der Waals surface area contributed by atoms with Crippen LogP contribution in [0.3, 0.4) is 0 Å². The molecule has 4 aliphatic rings. The van der Waals surface area contributed by atoms with Gasteiger partial charge in [0.25, 0.3) is 0 Å². The largest absolute Gasteiger partial charge is 0.441 e. The number of oxazole rings is 1. The molecule has 6 rings (SSSR count). The van der Waals surface area contributed by atoms with Crippen LogP contribution in [0.4, 0.5) is 0 Å². The van der Waals surface area contributed by atoms with Crippen molar-refractivity contribution in [1.82, 2.24) is 4.98 Å². The molecule has 2 aromatic rings. The Hall–Kier alpha value is -1.31. The highest BCUT2D eigenvalue weighted by atomic mass is 16.3. The first-order chi connectivity index (χ1) is 15.5. The summed E-state index contributed by atoms with van der Waals surface area (Å²) in [5.41, 5.74) is 3.18. The summed E-state index contributed by atoms with van der Waals surface area (Å²) in [7, 11) is 0. The van der Waals surface area contributed by atoms with Crippen LogP contribution < -0.4 is 0 Å². The number of nitrogens with zero attached hydrogens (tertiary/aromatic N) is 1. The number of aryl methyl sites for hydroxylation is 1. The first-order valence-electron chi connectivity index (χ1n) is 13.8. The van der Waals surface area contributed by atoms with Gasteiger partial charge in [-0.2, -0.15) is 0 Å². The third kappa shape index (κ3) is 3.22. The number of rotatable bonds is 4. The lowest BCUT2D eigenvalue weighted by Crippen LogP contribution is -2.53. The normalized spacial score (nSPS) is 42.3. The summed E-state index contributed by atoms with van der Waals surface area (Å²) in [5, 5.41) is 0. The van der Waals surface area contributed by atoms with Gasteiger partial charge in [-0.1, -0.05) is 45.7 Å². The van der Waals surface area contributed by atoms with Gasteiger partial charge in [0.15, 0.2) is 11.5 Å². The summed E-state index contributed by atoms with van der Waals surface area (Å²) in [6.07, 6.45) is 17.3. The van der Waals surface area contributed by atoms with E-state index < -0.39 is 0 Å². The summed E-state index contributed by atoms with van der Waals surface area (Å²) >= 11 is 0. The van der Waals surface area contributed by atoms with E-state index in [9.17, 15) is 0 Å². The minimum atomic E-state index is 0.569. The van der Waals surface area contributed by atoms with Gasteiger partial charge in [0, 0.05) is 6.42 Å². The third-order valence-electron chi connectivity index (χ3n) is 11.5. The van der Waals surface area contributed by atoms with Gasteiger partial charge in [-0.15, -0.1) is 0 Å². The SMILES string of the molecule is C[C@H](CCc1nc2ccccc2o1)C1CCC2C3CCC4CCCCC4(C)C3CCC21C. The minimum Gasteiger partial charge on any atom is -0.441 e. The highest BCUT2D eigenvalue weighted by Gasteiger charge is 2.60. The maximum absolute atomic E-state index is 6.03.